The summed E-state index contributed by atoms with van der Waals surface area (Å²) in [4.78, 5) is 11.2. The average Bonchev–Trinajstić information content (AvgIpc) is 2.31. The molecule has 0 aliphatic carbocycles. The Morgan fingerprint density at radius 1 is 1.47 bits per heavy atom. The largest absolute Gasteiger partial charge is 0.465 e. The van der Waals surface area contributed by atoms with Crippen LogP contribution in [-0.4, -0.2) is 33.3 Å². The van der Waals surface area contributed by atoms with Gasteiger partial charge in [-0.05, 0) is 12.1 Å². The summed E-state index contributed by atoms with van der Waals surface area (Å²) < 4.78 is 22.9. The fourth-order valence-electron chi connectivity index (χ4n) is 1.33. The van der Waals surface area contributed by atoms with Crippen molar-refractivity contribution in [2.75, 3.05) is 38.4 Å². The second-order valence-electron chi connectivity index (χ2n) is 3.33. The van der Waals surface area contributed by atoms with Crippen molar-refractivity contribution in [2.45, 2.75) is 0 Å². The van der Waals surface area contributed by atoms with E-state index in [0.29, 0.717) is 13.2 Å². The molecule has 5 nitrogen and oxygen atoms in total. The Balaban J connectivity index is 2.90. The zero-order valence-corrected chi connectivity index (χ0v) is 9.75. The lowest BCUT2D eigenvalue weighted by Gasteiger charge is -2.11. The fraction of sp³-hybridized carbons (Fsp3) is 0.364. The summed E-state index contributed by atoms with van der Waals surface area (Å²) in [5, 5.41) is 2.79. The van der Waals surface area contributed by atoms with Gasteiger partial charge in [0.25, 0.3) is 0 Å². The maximum Gasteiger partial charge on any atom is 0.338 e. The number of ether oxygens (including phenoxy) is 2. The summed E-state index contributed by atoms with van der Waals surface area (Å²) in [5.41, 5.74) is 6.04. The van der Waals surface area contributed by atoms with Gasteiger partial charge >= 0.3 is 5.97 Å². The number of carbonyl (C=O) groups excluding carboxylic acids is 1. The molecule has 0 aromatic heterocycles. The third-order valence-corrected chi connectivity index (χ3v) is 2.15. The number of nitrogens with two attached hydrogens (primary N) is 1. The summed E-state index contributed by atoms with van der Waals surface area (Å²) in [6.07, 6.45) is 0. The number of benzene rings is 1. The van der Waals surface area contributed by atoms with Crippen molar-refractivity contribution in [3.05, 3.63) is 23.5 Å². The quantitative estimate of drug-likeness (QED) is 0.462. The first-order valence-electron chi connectivity index (χ1n) is 5.00. The highest BCUT2D eigenvalue weighted by Crippen LogP contribution is 2.24. The van der Waals surface area contributed by atoms with Crippen LogP contribution in [0.1, 0.15) is 10.4 Å². The van der Waals surface area contributed by atoms with Crippen LogP contribution in [0.15, 0.2) is 12.1 Å². The normalized spacial score (nSPS) is 10.1. The average molecular weight is 242 g/mol. The van der Waals surface area contributed by atoms with Crippen LogP contribution in [0.4, 0.5) is 15.8 Å². The van der Waals surface area contributed by atoms with Crippen molar-refractivity contribution in [1.82, 2.24) is 0 Å². The summed E-state index contributed by atoms with van der Waals surface area (Å²) in [5.74, 6) is -1.22. The molecule has 0 heterocycles. The lowest BCUT2D eigenvalue weighted by atomic mass is 10.1. The van der Waals surface area contributed by atoms with E-state index in [4.69, 9.17) is 10.5 Å². The van der Waals surface area contributed by atoms with Crippen LogP contribution in [0.25, 0.3) is 0 Å². The first-order chi connectivity index (χ1) is 8.10. The number of nitrogens with one attached hydrogen (secondary N) is 1. The molecule has 0 aliphatic rings. The molecule has 1 aromatic carbocycles. The number of carbonyl (C=O) groups is 1. The Labute approximate surface area is 98.7 Å². The summed E-state index contributed by atoms with van der Waals surface area (Å²) in [6, 6.07) is 2.45. The molecular weight excluding hydrogens is 227 g/mol. The Kier molecular flexibility index (Phi) is 4.71. The highest BCUT2D eigenvalue weighted by Gasteiger charge is 2.13. The molecule has 0 aliphatic heterocycles. The van der Waals surface area contributed by atoms with Gasteiger partial charge in [0.15, 0.2) is 0 Å². The second-order valence-corrected chi connectivity index (χ2v) is 3.33. The molecule has 1 aromatic rings. The number of nitrogen functional groups attached to an aromatic ring is 1. The third-order valence-electron chi connectivity index (χ3n) is 2.15. The van der Waals surface area contributed by atoms with Crippen LogP contribution in [0, 0.1) is 5.82 Å². The van der Waals surface area contributed by atoms with Crippen LogP contribution in [0.3, 0.4) is 0 Å². The smallest absolute Gasteiger partial charge is 0.338 e. The highest BCUT2D eigenvalue weighted by atomic mass is 19.1. The Hall–Kier alpha value is -1.82. The standard InChI is InChI=1S/C11H15FN2O3/c1-16-4-3-14-10-8(12)5-7(6-9(10)13)11(15)17-2/h5-6,14H,3-4,13H2,1-2H3. The highest BCUT2D eigenvalue weighted by molar-refractivity contribution is 5.92. The van der Waals surface area contributed by atoms with E-state index >= 15 is 0 Å². The minimum atomic E-state index is -0.626. The number of rotatable bonds is 5. The van der Waals surface area contributed by atoms with Crippen LogP contribution in [0.2, 0.25) is 0 Å². The van der Waals surface area contributed by atoms with Gasteiger partial charge in [0.05, 0.1) is 30.7 Å². The van der Waals surface area contributed by atoms with Gasteiger partial charge in [0.2, 0.25) is 0 Å². The Morgan fingerprint density at radius 3 is 2.71 bits per heavy atom. The molecule has 0 fully saturated rings. The number of esters is 1. The Bertz CT molecular complexity index is 387. The van der Waals surface area contributed by atoms with E-state index in [1.54, 1.807) is 7.11 Å². The van der Waals surface area contributed by atoms with Gasteiger partial charge < -0.3 is 20.5 Å². The molecule has 6 heteroatoms. The van der Waals surface area contributed by atoms with Crippen LogP contribution in [0.5, 0.6) is 0 Å². The number of hydrogen-bond acceptors (Lipinski definition) is 5. The number of anilines is 2. The Morgan fingerprint density at radius 2 is 2.18 bits per heavy atom. The first-order valence-corrected chi connectivity index (χ1v) is 5.00. The predicted octanol–water partition coefficient (Wildman–Crippen LogP) is 1.25. The molecule has 94 valence electrons. The van der Waals surface area contributed by atoms with Crippen LogP contribution in [-0.2, 0) is 9.47 Å². The summed E-state index contributed by atoms with van der Waals surface area (Å²) in [6.45, 7) is 0.854. The van der Waals surface area contributed by atoms with E-state index < -0.39 is 11.8 Å². The zero-order valence-electron chi connectivity index (χ0n) is 9.75. The van der Waals surface area contributed by atoms with Crippen molar-refractivity contribution in [2.24, 2.45) is 0 Å². The van der Waals surface area contributed by atoms with Gasteiger partial charge in [-0.3, -0.25) is 0 Å². The number of halogens is 1. The van der Waals surface area contributed by atoms with Gasteiger partial charge in [-0.2, -0.15) is 0 Å². The SMILES string of the molecule is COCCNc1c(N)cc(C(=O)OC)cc1F. The number of methoxy groups -OCH3 is 2. The fourth-order valence-corrected chi connectivity index (χ4v) is 1.33. The van der Waals surface area contributed by atoms with Gasteiger partial charge in [0.1, 0.15) is 5.82 Å². The zero-order chi connectivity index (χ0) is 12.8. The van der Waals surface area contributed by atoms with E-state index in [0.717, 1.165) is 6.07 Å². The molecule has 3 N–H and O–H groups in total. The number of hydrogen-bond donors (Lipinski definition) is 2. The topological polar surface area (TPSA) is 73.6 Å². The van der Waals surface area contributed by atoms with E-state index in [9.17, 15) is 9.18 Å². The summed E-state index contributed by atoms with van der Waals surface area (Å²) in [7, 11) is 2.77. The third kappa shape index (κ3) is 3.32. The first kappa shape index (κ1) is 13.2. The molecule has 0 unspecified atom stereocenters. The van der Waals surface area contributed by atoms with Crippen molar-refractivity contribution in [3.63, 3.8) is 0 Å². The van der Waals surface area contributed by atoms with E-state index in [2.05, 4.69) is 10.1 Å². The lowest BCUT2D eigenvalue weighted by Crippen LogP contribution is -2.12. The predicted molar refractivity (Wildman–Crippen MR) is 62.5 cm³/mol. The van der Waals surface area contributed by atoms with Crippen molar-refractivity contribution < 1.29 is 18.7 Å². The molecule has 0 bridgehead atoms. The molecule has 0 saturated heterocycles. The van der Waals surface area contributed by atoms with Gasteiger partial charge in [-0.15, -0.1) is 0 Å². The molecule has 0 radical (unpaired) electrons. The maximum absolute atomic E-state index is 13.6. The monoisotopic (exact) mass is 242 g/mol. The molecule has 0 spiro atoms. The minimum Gasteiger partial charge on any atom is -0.465 e. The van der Waals surface area contributed by atoms with E-state index in [1.807, 2.05) is 0 Å². The molecule has 0 amide bonds. The second kappa shape index (κ2) is 6.05. The van der Waals surface area contributed by atoms with Crippen molar-refractivity contribution >= 4 is 17.3 Å². The molecule has 17 heavy (non-hydrogen) atoms. The molecule has 0 atom stereocenters. The van der Waals surface area contributed by atoms with Crippen LogP contribution >= 0.6 is 0 Å². The van der Waals surface area contributed by atoms with Crippen molar-refractivity contribution in [3.8, 4) is 0 Å². The molecular formula is C11H15FN2O3. The minimum absolute atomic E-state index is 0.0831. The molecule has 0 saturated carbocycles. The van der Waals surface area contributed by atoms with Crippen molar-refractivity contribution in [1.29, 1.82) is 0 Å². The molecule has 1 rings (SSSR count). The van der Waals surface area contributed by atoms with Crippen LogP contribution < -0.4 is 11.1 Å². The maximum atomic E-state index is 13.6. The van der Waals surface area contributed by atoms with E-state index in [1.165, 1.54) is 13.2 Å². The van der Waals surface area contributed by atoms with Gasteiger partial charge in [-0.25, -0.2) is 9.18 Å². The van der Waals surface area contributed by atoms with Gasteiger partial charge in [-0.1, -0.05) is 0 Å². The van der Waals surface area contributed by atoms with E-state index in [-0.39, 0.29) is 16.9 Å². The summed E-state index contributed by atoms with van der Waals surface area (Å²) >= 11 is 0. The van der Waals surface area contributed by atoms with Gasteiger partial charge in [0, 0.05) is 13.7 Å². The lowest BCUT2D eigenvalue weighted by molar-refractivity contribution is 0.0600.